The van der Waals surface area contributed by atoms with Gasteiger partial charge in [-0.25, -0.2) is 4.79 Å². The average molecular weight is 359 g/mol. The number of hydrogen-bond acceptors (Lipinski definition) is 5. The highest BCUT2D eigenvalue weighted by Crippen LogP contribution is 2.46. The van der Waals surface area contributed by atoms with Gasteiger partial charge in [0.1, 0.15) is 5.60 Å². The Morgan fingerprint density at radius 1 is 1.23 bits per heavy atom. The largest absolute Gasteiger partial charge is 0.444 e. The van der Waals surface area contributed by atoms with Gasteiger partial charge in [0, 0.05) is 36.4 Å². The Morgan fingerprint density at radius 3 is 2.50 bits per heavy atom. The van der Waals surface area contributed by atoms with Gasteiger partial charge in [-0.15, -0.1) is 0 Å². The van der Waals surface area contributed by atoms with E-state index in [1.165, 1.54) is 0 Å². The van der Waals surface area contributed by atoms with Crippen LogP contribution in [0.2, 0.25) is 0 Å². The van der Waals surface area contributed by atoms with Gasteiger partial charge in [-0.1, -0.05) is 0 Å². The molecule has 0 aromatic heterocycles. The van der Waals surface area contributed by atoms with Crippen LogP contribution >= 0.6 is 0 Å². The molecule has 1 saturated carbocycles. The maximum absolute atomic E-state index is 12.4. The first kappa shape index (κ1) is 17.1. The van der Waals surface area contributed by atoms with Crippen LogP contribution in [-0.4, -0.2) is 46.7 Å². The third-order valence-electron chi connectivity index (χ3n) is 5.43. The van der Waals surface area contributed by atoms with Crippen LogP contribution in [0.5, 0.6) is 0 Å². The molecule has 3 fully saturated rings. The molecule has 1 aromatic carbocycles. The van der Waals surface area contributed by atoms with Crippen LogP contribution in [0.1, 0.15) is 51.5 Å². The number of amides is 1. The fourth-order valence-corrected chi connectivity index (χ4v) is 4.14. The van der Waals surface area contributed by atoms with E-state index in [1.807, 2.05) is 37.8 Å². The van der Waals surface area contributed by atoms with Gasteiger partial charge in [0.05, 0.1) is 11.0 Å². The topological polar surface area (TPSA) is 75.9 Å². The highest BCUT2D eigenvalue weighted by atomic mass is 16.6. The molecule has 2 heterocycles. The predicted molar refractivity (Wildman–Crippen MR) is 97.6 cm³/mol. The van der Waals surface area contributed by atoms with Crippen LogP contribution in [0.25, 0.3) is 0 Å². The number of nitro groups is 1. The number of benzene rings is 1. The van der Waals surface area contributed by atoms with Crippen LogP contribution < -0.4 is 4.90 Å². The number of nitro benzene ring substituents is 1. The van der Waals surface area contributed by atoms with E-state index in [4.69, 9.17) is 4.74 Å². The highest BCUT2D eigenvalue weighted by molar-refractivity contribution is 5.70. The summed E-state index contributed by atoms with van der Waals surface area (Å²) in [7, 11) is 0. The third kappa shape index (κ3) is 3.10. The molecule has 2 bridgehead atoms. The molecule has 2 aliphatic heterocycles. The highest BCUT2D eigenvalue weighted by Gasteiger charge is 2.47. The van der Waals surface area contributed by atoms with Crippen molar-refractivity contribution in [3.8, 4) is 0 Å². The minimum Gasteiger partial charge on any atom is -0.444 e. The van der Waals surface area contributed by atoms with Crippen LogP contribution in [0.3, 0.4) is 0 Å². The van der Waals surface area contributed by atoms with E-state index in [-0.39, 0.29) is 28.8 Å². The fourth-order valence-electron chi connectivity index (χ4n) is 4.14. The number of likely N-dealkylation sites (tertiary alicyclic amines) is 1. The smallest absolute Gasteiger partial charge is 0.410 e. The molecule has 1 aromatic rings. The van der Waals surface area contributed by atoms with Gasteiger partial charge in [-0.05, 0) is 58.1 Å². The van der Waals surface area contributed by atoms with Gasteiger partial charge >= 0.3 is 6.09 Å². The van der Waals surface area contributed by atoms with Gasteiger partial charge < -0.3 is 14.5 Å². The standard InChI is InChI=1S/C19H25N3O4/c1-19(2,3)26-18(23)21-11-14-8-15(21)10-20(14)13-6-7-17(22(24)25)16(9-13)12-4-5-12/h6-7,9,12,14-15H,4-5,8,10-11H2,1-3H3/t14-,15-/m0/s1. The lowest BCUT2D eigenvalue weighted by Gasteiger charge is -2.36. The van der Waals surface area contributed by atoms with Crippen molar-refractivity contribution in [2.75, 3.05) is 18.0 Å². The summed E-state index contributed by atoms with van der Waals surface area (Å²) in [6, 6.07) is 5.88. The van der Waals surface area contributed by atoms with Crippen molar-refractivity contribution in [3.05, 3.63) is 33.9 Å². The SMILES string of the molecule is CC(C)(C)OC(=O)N1C[C@@H]2C[C@H]1CN2c1ccc([N+](=O)[O-])c(C2CC2)c1. The van der Waals surface area contributed by atoms with Crippen molar-refractivity contribution in [1.29, 1.82) is 0 Å². The third-order valence-corrected chi connectivity index (χ3v) is 5.43. The first-order valence-electron chi connectivity index (χ1n) is 9.27. The summed E-state index contributed by atoms with van der Waals surface area (Å²) < 4.78 is 5.51. The lowest BCUT2D eigenvalue weighted by atomic mass is 10.1. The molecule has 3 aliphatic rings. The second-order valence-corrected chi connectivity index (χ2v) is 8.60. The zero-order valence-corrected chi connectivity index (χ0v) is 15.5. The summed E-state index contributed by atoms with van der Waals surface area (Å²) in [5, 5.41) is 11.3. The van der Waals surface area contributed by atoms with Crippen molar-refractivity contribution in [2.24, 2.45) is 0 Å². The number of carbonyl (C=O) groups excluding carboxylic acids is 1. The molecule has 0 unspecified atom stereocenters. The quantitative estimate of drug-likeness (QED) is 0.608. The number of ether oxygens (including phenoxy) is 1. The molecule has 0 spiro atoms. The molecule has 140 valence electrons. The summed E-state index contributed by atoms with van der Waals surface area (Å²) in [6.07, 6.45) is 2.74. The average Bonchev–Trinajstić information content (AvgIpc) is 3.20. The number of rotatable bonds is 3. The first-order chi connectivity index (χ1) is 12.2. The summed E-state index contributed by atoms with van der Waals surface area (Å²) in [4.78, 5) is 27.5. The van der Waals surface area contributed by atoms with Gasteiger partial charge in [0.25, 0.3) is 5.69 Å². The van der Waals surface area contributed by atoms with Crippen molar-refractivity contribution < 1.29 is 14.5 Å². The van der Waals surface area contributed by atoms with E-state index in [0.717, 1.165) is 37.1 Å². The van der Waals surface area contributed by atoms with Crippen LogP contribution in [0.4, 0.5) is 16.2 Å². The predicted octanol–water partition coefficient (Wildman–Crippen LogP) is 3.67. The van der Waals surface area contributed by atoms with E-state index in [2.05, 4.69) is 4.90 Å². The first-order valence-corrected chi connectivity index (χ1v) is 9.27. The summed E-state index contributed by atoms with van der Waals surface area (Å²) >= 11 is 0. The zero-order chi connectivity index (χ0) is 18.6. The second-order valence-electron chi connectivity index (χ2n) is 8.60. The summed E-state index contributed by atoms with van der Waals surface area (Å²) in [5.41, 5.74) is 1.64. The monoisotopic (exact) mass is 359 g/mol. The molecule has 0 N–H and O–H groups in total. The molecule has 1 amide bonds. The number of nitrogens with zero attached hydrogens (tertiary/aromatic N) is 3. The minimum absolute atomic E-state index is 0.148. The maximum Gasteiger partial charge on any atom is 0.410 e. The Morgan fingerprint density at radius 2 is 1.96 bits per heavy atom. The van der Waals surface area contributed by atoms with Gasteiger partial charge in [-0.2, -0.15) is 0 Å². The zero-order valence-electron chi connectivity index (χ0n) is 15.5. The van der Waals surface area contributed by atoms with Crippen molar-refractivity contribution >= 4 is 17.5 Å². The van der Waals surface area contributed by atoms with Crippen molar-refractivity contribution in [3.63, 3.8) is 0 Å². The molecule has 7 heteroatoms. The normalized spacial score (nSPS) is 24.9. The number of hydrogen-bond donors (Lipinski definition) is 0. The molecular weight excluding hydrogens is 334 g/mol. The van der Waals surface area contributed by atoms with Gasteiger partial charge in [-0.3, -0.25) is 10.1 Å². The van der Waals surface area contributed by atoms with Crippen molar-refractivity contribution in [2.45, 2.75) is 63.6 Å². The Hall–Kier alpha value is -2.31. The van der Waals surface area contributed by atoms with Crippen molar-refractivity contribution in [1.82, 2.24) is 4.90 Å². The summed E-state index contributed by atoms with van der Waals surface area (Å²) in [6.45, 7) is 7.03. The molecule has 2 atom stereocenters. The Labute approximate surface area is 153 Å². The van der Waals surface area contributed by atoms with Crippen LogP contribution in [0, 0.1) is 10.1 Å². The molecular formula is C19H25N3O4. The van der Waals surface area contributed by atoms with E-state index < -0.39 is 5.60 Å². The van der Waals surface area contributed by atoms with Gasteiger partial charge in [0.2, 0.25) is 0 Å². The number of carbonyl (C=O) groups is 1. The number of anilines is 1. The number of fused-ring (bicyclic) bond motifs is 2. The molecule has 2 saturated heterocycles. The van der Waals surface area contributed by atoms with E-state index >= 15 is 0 Å². The Balaban J connectivity index is 1.50. The van der Waals surface area contributed by atoms with E-state index in [0.29, 0.717) is 12.5 Å². The Bertz CT molecular complexity index is 754. The lowest BCUT2D eigenvalue weighted by molar-refractivity contribution is -0.385. The fraction of sp³-hybridized carbons (Fsp3) is 0.632. The summed E-state index contributed by atoms with van der Waals surface area (Å²) in [5.74, 6) is 0.327. The number of piperazine rings is 1. The van der Waals surface area contributed by atoms with E-state index in [9.17, 15) is 14.9 Å². The molecule has 4 rings (SSSR count). The molecule has 7 nitrogen and oxygen atoms in total. The second kappa shape index (κ2) is 5.86. The lowest BCUT2D eigenvalue weighted by Crippen LogP contribution is -2.50. The molecule has 0 radical (unpaired) electrons. The Kier molecular flexibility index (Phi) is 3.86. The van der Waals surface area contributed by atoms with Crippen LogP contribution in [0.15, 0.2) is 18.2 Å². The maximum atomic E-state index is 12.4. The molecule has 26 heavy (non-hydrogen) atoms. The van der Waals surface area contributed by atoms with Gasteiger partial charge in [0.15, 0.2) is 0 Å². The minimum atomic E-state index is -0.490. The van der Waals surface area contributed by atoms with Crippen LogP contribution in [-0.2, 0) is 4.74 Å². The van der Waals surface area contributed by atoms with E-state index in [1.54, 1.807) is 6.07 Å². The molecule has 1 aliphatic carbocycles.